The summed E-state index contributed by atoms with van der Waals surface area (Å²) in [4.78, 5) is 8.86. The molecule has 1 aliphatic rings. The number of aryl methyl sites for hydroxylation is 1. The van der Waals surface area contributed by atoms with Crippen molar-refractivity contribution in [3.8, 4) is 11.3 Å². The van der Waals surface area contributed by atoms with E-state index in [9.17, 15) is 0 Å². The predicted octanol–water partition coefficient (Wildman–Crippen LogP) is 3.35. The van der Waals surface area contributed by atoms with Crippen LogP contribution in [0.25, 0.3) is 11.3 Å². The van der Waals surface area contributed by atoms with Crippen LogP contribution in [0.2, 0.25) is 0 Å². The van der Waals surface area contributed by atoms with Gasteiger partial charge in [0.1, 0.15) is 11.6 Å². The number of fused-ring (bicyclic) bond motifs is 1. The van der Waals surface area contributed by atoms with Gasteiger partial charge in [0, 0.05) is 48.3 Å². The maximum absolute atomic E-state index is 4.70. The number of pyridine rings is 1. The number of thiazole rings is 1. The van der Waals surface area contributed by atoms with Crippen LogP contribution in [-0.4, -0.2) is 30.8 Å². The smallest absolute Gasteiger partial charge is 0.183 e. The molecule has 3 aromatic rings. The highest BCUT2D eigenvalue weighted by atomic mass is 32.1. The van der Waals surface area contributed by atoms with E-state index in [2.05, 4.69) is 44.3 Å². The molecule has 0 bridgehead atoms. The molecule has 124 valence electrons. The fourth-order valence-electron chi connectivity index (χ4n) is 3.05. The Kier molecular flexibility index (Phi) is 4.02. The molecule has 0 fully saturated rings. The summed E-state index contributed by atoms with van der Waals surface area (Å²) >= 11 is 1.64. The van der Waals surface area contributed by atoms with Crippen LogP contribution in [0.1, 0.15) is 37.8 Å². The van der Waals surface area contributed by atoms with Gasteiger partial charge in [-0.2, -0.15) is 0 Å². The van der Waals surface area contributed by atoms with Crippen molar-refractivity contribution < 1.29 is 0 Å². The average Bonchev–Trinajstić information content (AvgIpc) is 3.22. The molecular weight excluding hydrogens is 320 g/mol. The molecule has 1 aliphatic heterocycles. The third kappa shape index (κ3) is 2.91. The molecule has 1 N–H and O–H groups in total. The van der Waals surface area contributed by atoms with Crippen LogP contribution in [0.5, 0.6) is 0 Å². The van der Waals surface area contributed by atoms with E-state index in [-0.39, 0.29) is 0 Å². The molecule has 0 spiro atoms. The molecule has 3 aromatic heterocycles. The summed E-state index contributed by atoms with van der Waals surface area (Å²) in [5.74, 6) is 2.57. The van der Waals surface area contributed by atoms with Gasteiger partial charge in [-0.3, -0.25) is 4.98 Å². The van der Waals surface area contributed by atoms with Crippen molar-refractivity contribution in [2.24, 2.45) is 0 Å². The number of anilines is 1. The van der Waals surface area contributed by atoms with Gasteiger partial charge in [-0.25, -0.2) is 4.98 Å². The highest BCUT2D eigenvalue weighted by Gasteiger charge is 2.24. The second-order valence-electron chi connectivity index (χ2n) is 6.40. The Morgan fingerprint density at radius 3 is 3.04 bits per heavy atom. The monoisotopic (exact) mass is 340 g/mol. The molecule has 24 heavy (non-hydrogen) atoms. The van der Waals surface area contributed by atoms with Gasteiger partial charge in [-0.15, -0.1) is 21.5 Å². The minimum atomic E-state index is 0.360. The van der Waals surface area contributed by atoms with E-state index in [4.69, 9.17) is 4.98 Å². The van der Waals surface area contributed by atoms with E-state index in [0.29, 0.717) is 12.0 Å². The zero-order valence-corrected chi connectivity index (χ0v) is 14.6. The predicted molar refractivity (Wildman–Crippen MR) is 95.2 cm³/mol. The summed E-state index contributed by atoms with van der Waals surface area (Å²) in [6.45, 7) is 5.22. The molecule has 0 saturated carbocycles. The molecular formula is C17H20N6S. The lowest BCUT2D eigenvalue weighted by atomic mass is 10.1. The van der Waals surface area contributed by atoms with Gasteiger partial charge < -0.3 is 9.88 Å². The van der Waals surface area contributed by atoms with Crippen molar-refractivity contribution >= 4 is 16.5 Å². The van der Waals surface area contributed by atoms with Crippen molar-refractivity contribution in [1.29, 1.82) is 0 Å². The van der Waals surface area contributed by atoms with Gasteiger partial charge in [0.15, 0.2) is 5.13 Å². The summed E-state index contributed by atoms with van der Waals surface area (Å²) in [7, 11) is 0. The highest BCUT2D eigenvalue weighted by molar-refractivity contribution is 7.14. The van der Waals surface area contributed by atoms with Crippen LogP contribution >= 0.6 is 11.3 Å². The second kappa shape index (κ2) is 6.32. The largest absolute Gasteiger partial charge is 0.357 e. The lowest BCUT2D eigenvalue weighted by molar-refractivity contribution is 0.459. The standard InChI is InChI=1S/C17H20N6S/c1-11(2)16-22-21-15-6-5-13(9-23(15)16)19-17-20-14(10-24-17)12-4-3-7-18-8-12/h3-4,7-8,10-11,13H,5-6,9H2,1-2H3,(H,19,20). The Balaban J connectivity index is 1.49. The molecule has 7 heteroatoms. The summed E-state index contributed by atoms with van der Waals surface area (Å²) in [6, 6.07) is 4.33. The van der Waals surface area contributed by atoms with Gasteiger partial charge in [0.2, 0.25) is 0 Å². The Bertz CT molecular complexity index is 823. The van der Waals surface area contributed by atoms with Gasteiger partial charge in [0.25, 0.3) is 0 Å². The summed E-state index contributed by atoms with van der Waals surface area (Å²) in [5.41, 5.74) is 2.02. The van der Waals surface area contributed by atoms with E-state index in [1.165, 1.54) is 0 Å². The summed E-state index contributed by atoms with van der Waals surface area (Å²) < 4.78 is 2.27. The number of hydrogen-bond donors (Lipinski definition) is 1. The second-order valence-corrected chi connectivity index (χ2v) is 7.26. The third-order valence-electron chi connectivity index (χ3n) is 4.28. The van der Waals surface area contributed by atoms with E-state index < -0.39 is 0 Å². The first-order chi connectivity index (χ1) is 11.7. The topological polar surface area (TPSA) is 68.5 Å². The molecule has 4 rings (SSSR count). The SMILES string of the molecule is CC(C)c1nnc2n1CC(Nc1nc(-c3cccnc3)cs1)CC2. The fourth-order valence-corrected chi connectivity index (χ4v) is 3.85. The molecule has 0 aliphatic carbocycles. The maximum atomic E-state index is 4.70. The van der Waals surface area contributed by atoms with E-state index in [1.807, 2.05) is 18.3 Å². The molecule has 6 nitrogen and oxygen atoms in total. The minimum absolute atomic E-state index is 0.360. The van der Waals surface area contributed by atoms with Gasteiger partial charge in [-0.1, -0.05) is 13.8 Å². The number of nitrogens with one attached hydrogen (secondary N) is 1. The lowest BCUT2D eigenvalue weighted by Crippen LogP contribution is -2.32. The average molecular weight is 340 g/mol. The molecule has 4 heterocycles. The van der Waals surface area contributed by atoms with Crippen LogP contribution < -0.4 is 5.32 Å². The van der Waals surface area contributed by atoms with Crippen molar-refractivity contribution in [2.45, 2.75) is 45.2 Å². The Morgan fingerprint density at radius 1 is 1.33 bits per heavy atom. The van der Waals surface area contributed by atoms with E-state index in [1.54, 1.807) is 17.5 Å². The first kappa shape index (κ1) is 15.3. The number of nitrogens with zero attached hydrogens (tertiary/aromatic N) is 5. The van der Waals surface area contributed by atoms with E-state index >= 15 is 0 Å². The van der Waals surface area contributed by atoms with Gasteiger partial charge in [-0.05, 0) is 18.6 Å². The minimum Gasteiger partial charge on any atom is -0.357 e. The Morgan fingerprint density at radius 2 is 2.25 bits per heavy atom. The van der Waals surface area contributed by atoms with Gasteiger partial charge in [0.05, 0.1) is 5.69 Å². The quantitative estimate of drug-likeness (QED) is 0.789. The third-order valence-corrected chi connectivity index (χ3v) is 5.05. The Hall–Kier alpha value is -2.28. The lowest BCUT2D eigenvalue weighted by Gasteiger charge is -2.25. The maximum Gasteiger partial charge on any atom is 0.183 e. The Labute approximate surface area is 145 Å². The molecule has 0 saturated heterocycles. The number of aromatic nitrogens is 5. The van der Waals surface area contributed by atoms with Crippen LogP contribution in [0.3, 0.4) is 0 Å². The zero-order chi connectivity index (χ0) is 16.5. The normalized spacial score (nSPS) is 17.0. The molecule has 1 atom stereocenters. The zero-order valence-electron chi connectivity index (χ0n) is 13.8. The fraction of sp³-hybridized carbons (Fsp3) is 0.412. The summed E-state index contributed by atoms with van der Waals surface area (Å²) in [6.07, 6.45) is 5.63. The number of hydrogen-bond acceptors (Lipinski definition) is 6. The van der Waals surface area contributed by atoms with Gasteiger partial charge >= 0.3 is 0 Å². The number of rotatable bonds is 4. The van der Waals surface area contributed by atoms with Crippen LogP contribution in [0, 0.1) is 0 Å². The van der Waals surface area contributed by atoms with Crippen molar-refractivity contribution in [1.82, 2.24) is 24.7 Å². The first-order valence-electron chi connectivity index (χ1n) is 8.25. The first-order valence-corrected chi connectivity index (χ1v) is 9.13. The van der Waals surface area contributed by atoms with Crippen molar-refractivity contribution in [2.75, 3.05) is 5.32 Å². The molecule has 0 radical (unpaired) electrons. The van der Waals surface area contributed by atoms with Crippen LogP contribution in [-0.2, 0) is 13.0 Å². The van der Waals surface area contributed by atoms with E-state index in [0.717, 1.165) is 47.4 Å². The molecule has 0 amide bonds. The molecule has 1 unspecified atom stereocenters. The van der Waals surface area contributed by atoms with Crippen LogP contribution in [0.4, 0.5) is 5.13 Å². The van der Waals surface area contributed by atoms with Crippen molar-refractivity contribution in [3.63, 3.8) is 0 Å². The molecule has 0 aromatic carbocycles. The van der Waals surface area contributed by atoms with Crippen LogP contribution in [0.15, 0.2) is 29.9 Å². The highest BCUT2D eigenvalue weighted by Crippen LogP contribution is 2.27. The van der Waals surface area contributed by atoms with Crippen molar-refractivity contribution in [3.05, 3.63) is 41.6 Å². The summed E-state index contributed by atoms with van der Waals surface area (Å²) in [5, 5.41) is 15.3.